The van der Waals surface area contributed by atoms with Gasteiger partial charge in [0.05, 0.1) is 0 Å². The van der Waals surface area contributed by atoms with E-state index in [4.69, 9.17) is 9.22 Å². The number of hydrogen-bond acceptors (Lipinski definition) is 4. The molecule has 0 spiro atoms. The lowest BCUT2D eigenvalue weighted by Crippen LogP contribution is -1.82. The van der Waals surface area contributed by atoms with Crippen LogP contribution in [0.4, 0.5) is 0 Å². The quantitative estimate of drug-likeness (QED) is 0.333. The van der Waals surface area contributed by atoms with Gasteiger partial charge in [-0.05, 0) is 25.3 Å². The fourth-order valence-electron chi connectivity index (χ4n) is 1.65. The van der Waals surface area contributed by atoms with Crippen molar-refractivity contribution in [2.45, 2.75) is 51.4 Å². The van der Waals surface area contributed by atoms with Crippen LogP contribution < -0.4 is 0 Å². The van der Waals surface area contributed by atoms with Gasteiger partial charge in [-0.1, -0.05) is 55.1 Å². The van der Waals surface area contributed by atoms with Gasteiger partial charge in [0, 0.05) is 5.75 Å². The first-order chi connectivity index (χ1) is 8.50. The molecule has 0 saturated carbocycles. The van der Waals surface area contributed by atoms with Crippen LogP contribution in [-0.2, 0) is 9.22 Å². The maximum atomic E-state index is 4.92. The van der Waals surface area contributed by atoms with Crippen molar-refractivity contribution in [1.82, 2.24) is 0 Å². The second kappa shape index (κ2) is 12.4. The highest BCUT2D eigenvalue weighted by molar-refractivity contribution is 8.74. The molecule has 0 radical (unpaired) electrons. The topological polar surface area (TPSA) is 18.5 Å². The Morgan fingerprint density at radius 2 is 1.59 bits per heavy atom. The molecule has 0 aromatic rings. The van der Waals surface area contributed by atoms with Crippen molar-refractivity contribution in [3.63, 3.8) is 0 Å². The SMILES string of the molecule is C1=C\OOSSCCCCCCCCC/C=C/1. The van der Waals surface area contributed by atoms with Gasteiger partial charge in [0.25, 0.3) is 0 Å². The van der Waals surface area contributed by atoms with E-state index >= 15 is 0 Å². The van der Waals surface area contributed by atoms with Gasteiger partial charge in [0.15, 0.2) is 0 Å². The largest absolute Gasteiger partial charge is 0.332 e. The average Bonchev–Trinajstić information content (AvgIpc) is 2.35. The number of allylic oxidation sites excluding steroid dienone is 3. The molecular formula is C13H22O2S2. The van der Waals surface area contributed by atoms with Crippen molar-refractivity contribution in [2.75, 3.05) is 5.75 Å². The summed E-state index contributed by atoms with van der Waals surface area (Å²) in [4.78, 5) is 4.87. The second-order valence-electron chi connectivity index (χ2n) is 4.07. The Morgan fingerprint density at radius 3 is 2.47 bits per heavy atom. The maximum Gasteiger partial charge on any atom is 0.130 e. The molecule has 0 aliphatic carbocycles. The fourth-order valence-corrected chi connectivity index (χ4v) is 2.93. The Labute approximate surface area is 113 Å². The van der Waals surface area contributed by atoms with E-state index in [1.807, 2.05) is 12.2 Å². The molecule has 0 N–H and O–H groups in total. The molecule has 17 heavy (non-hydrogen) atoms. The van der Waals surface area contributed by atoms with Gasteiger partial charge >= 0.3 is 0 Å². The van der Waals surface area contributed by atoms with E-state index in [0.717, 1.165) is 12.2 Å². The van der Waals surface area contributed by atoms with Crippen LogP contribution in [-0.4, -0.2) is 5.75 Å². The van der Waals surface area contributed by atoms with Crippen LogP contribution in [0.2, 0.25) is 0 Å². The standard InChI is InChI=1S/C13H22O2S2/c1-2-4-6-8-10-12-14-15-17-16-13-11-9-7-5-3-1/h6,8,10,12H,1-5,7,9,11,13H2/b8-6+,12-10-. The zero-order valence-corrected chi connectivity index (χ0v) is 11.9. The number of hydrogen-bond donors (Lipinski definition) is 0. The molecule has 0 saturated heterocycles. The average molecular weight is 274 g/mol. The normalized spacial score (nSPS) is 25.4. The minimum atomic E-state index is 1.14. The summed E-state index contributed by atoms with van der Waals surface area (Å²) in [6, 6.07) is 0. The third kappa shape index (κ3) is 10.8. The third-order valence-corrected chi connectivity index (χ3v) is 4.24. The molecule has 0 aromatic carbocycles. The Morgan fingerprint density at radius 1 is 0.824 bits per heavy atom. The smallest absolute Gasteiger partial charge is 0.130 e. The van der Waals surface area contributed by atoms with Crippen molar-refractivity contribution in [1.29, 1.82) is 0 Å². The highest BCUT2D eigenvalue weighted by Crippen LogP contribution is 2.24. The zero-order valence-electron chi connectivity index (χ0n) is 10.3. The van der Waals surface area contributed by atoms with Gasteiger partial charge in [-0.25, -0.2) is 0 Å². The summed E-state index contributed by atoms with van der Waals surface area (Å²) >= 11 is 1.31. The van der Waals surface area contributed by atoms with Crippen molar-refractivity contribution in [2.24, 2.45) is 0 Å². The molecule has 0 unspecified atom stereocenters. The molecule has 1 aliphatic heterocycles. The van der Waals surface area contributed by atoms with Crippen LogP contribution in [0.25, 0.3) is 0 Å². The van der Waals surface area contributed by atoms with Crippen molar-refractivity contribution < 1.29 is 9.22 Å². The van der Waals surface area contributed by atoms with Crippen molar-refractivity contribution in [3.05, 3.63) is 24.5 Å². The minimum absolute atomic E-state index is 1.14. The fraction of sp³-hybridized carbons (Fsp3) is 0.692. The zero-order chi connectivity index (χ0) is 12.0. The first-order valence-corrected chi connectivity index (χ1v) is 8.68. The first kappa shape index (κ1) is 15.0. The summed E-state index contributed by atoms with van der Waals surface area (Å²) in [5, 5.41) is 0. The van der Waals surface area contributed by atoms with Gasteiger partial charge in [0.1, 0.15) is 17.3 Å². The lowest BCUT2D eigenvalue weighted by molar-refractivity contribution is -0.127. The Kier molecular flexibility index (Phi) is 10.9. The maximum absolute atomic E-state index is 4.92. The molecule has 1 heterocycles. The van der Waals surface area contributed by atoms with E-state index in [9.17, 15) is 0 Å². The summed E-state index contributed by atoms with van der Waals surface area (Å²) in [7, 11) is 1.71. The first-order valence-electron chi connectivity index (χ1n) is 6.43. The van der Waals surface area contributed by atoms with Crippen molar-refractivity contribution in [3.8, 4) is 0 Å². The molecule has 4 heteroatoms. The van der Waals surface area contributed by atoms with Crippen LogP contribution in [0.3, 0.4) is 0 Å². The second-order valence-corrected chi connectivity index (χ2v) is 6.11. The highest BCUT2D eigenvalue weighted by Gasteiger charge is 1.94. The molecule has 0 aromatic heterocycles. The van der Waals surface area contributed by atoms with Gasteiger partial charge in [0.2, 0.25) is 0 Å². The lowest BCUT2D eigenvalue weighted by atomic mass is 10.1. The van der Waals surface area contributed by atoms with E-state index < -0.39 is 0 Å². The van der Waals surface area contributed by atoms with E-state index in [1.54, 1.807) is 17.1 Å². The Bertz CT molecular complexity index is 195. The molecule has 2 nitrogen and oxygen atoms in total. The monoisotopic (exact) mass is 274 g/mol. The molecule has 0 bridgehead atoms. The molecule has 0 atom stereocenters. The highest BCUT2D eigenvalue weighted by atomic mass is 33.1. The number of rotatable bonds is 0. The molecular weight excluding hydrogens is 252 g/mol. The molecule has 1 aliphatic rings. The summed E-state index contributed by atoms with van der Waals surface area (Å²) in [5.41, 5.74) is 0. The van der Waals surface area contributed by atoms with Crippen LogP contribution in [0.5, 0.6) is 0 Å². The molecule has 0 fully saturated rings. The molecule has 98 valence electrons. The molecule has 1 rings (SSSR count). The van der Waals surface area contributed by atoms with Crippen LogP contribution in [0, 0.1) is 0 Å². The van der Waals surface area contributed by atoms with Crippen LogP contribution in [0.15, 0.2) is 24.5 Å². The van der Waals surface area contributed by atoms with Crippen LogP contribution >= 0.6 is 21.9 Å². The van der Waals surface area contributed by atoms with E-state index in [0.29, 0.717) is 0 Å². The molecule has 0 amide bonds. The Hall–Kier alpha value is -0.0600. The van der Waals surface area contributed by atoms with E-state index in [-0.39, 0.29) is 0 Å². The van der Waals surface area contributed by atoms with Crippen LogP contribution in [0.1, 0.15) is 51.4 Å². The third-order valence-electron chi connectivity index (χ3n) is 2.59. The predicted octanol–water partition coefficient (Wildman–Crippen LogP) is 5.44. The van der Waals surface area contributed by atoms with Gasteiger partial charge in [-0.3, -0.25) is 0 Å². The van der Waals surface area contributed by atoms with Gasteiger partial charge < -0.3 is 4.89 Å². The summed E-state index contributed by atoms with van der Waals surface area (Å²) in [6.07, 6.45) is 18.2. The van der Waals surface area contributed by atoms with Gasteiger partial charge in [-0.2, -0.15) is 0 Å². The summed E-state index contributed by atoms with van der Waals surface area (Å²) in [6.45, 7) is 0. The van der Waals surface area contributed by atoms with E-state index in [1.165, 1.54) is 56.0 Å². The summed E-state index contributed by atoms with van der Waals surface area (Å²) < 4.78 is 4.92. The predicted molar refractivity (Wildman–Crippen MR) is 77.4 cm³/mol. The van der Waals surface area contributed by atoms with Crippen molar-refractivity contribution >= 4 is 21.9 Å². The Balaban J connectivity index is 2.13. The lowest BCUT2D eigenvalue weighted by Gasteiger charge is -2.01. The minimum Gasteiger partial charge on any atom is -0.332 e. The van der Waals surface area contributed by atoms with Gasteiger partial charge in [-0.15, -0.1) is 4.33 Å². The van der Waals surface area contributed by atoms with E-state index in [2.05, 4.69) is 6.08 Å². The summed E-state index contributed by atoms with van der Waals surface area (Å²) in [5.74, 6) is 1.14.